The third-order valence-corrected chi connectivity index (χ3v) is 12.6. The number of carbonyl (C=O) groups excluding carboxylic acids is 5. The van der Waals surface area contributed by atoms with Crippen LogP contribution in [0.2, 0.25) is 0 Å². The molecule has 6 rings (SSSR count). The first kappa shape index (κ1) is 42.9. The average molecular weight is 808 g/mol. The van der Waals surface area contributed by atoms with E-state index in [0.29, 0.717) is 5.56 Å². The molecule has 2 bridgehead atoms. The van der Waals surface area contributed by atoms with Crippen LogP contribution in [0.5, 0.6) is 0 Å². The van der Waals surface area contributed by atoms with Crippen LogP contribution >= 0.6 is 0 Å². The van der Waals surface area contributed by atoms with Crippen LogP contribution in [0, 0.1) is 16.7 Å². The molecule has 5 N–H and O–H groups in total. The van der Waals surface area contributed by atoms with E-state index in [1.54, 1.807) is 83.1 Å². The number of esters is 3. The number of aliphatic hydroxyl groups excluding tert-OH is 3. The van der Waals surface area contributed by atoms with Crippen LogP contribution in [0.25, 0.3) is 0 Å². The maximum atomic E-state index is 14.9. The lowest BCUT2D eigenvalue weighted by molar-refractivity contribution is -0.346. The number of nitrogens with one attached hydrogen (secondary N) is 1. The number of hydrogen-bond donors (Lipinski definition) is 5. The molecule has 314 valence electrons. The van der Waals surface area contributed by atoms with Crippen LogP contribution in [0.15, 0.2) is 71.8 Å². The summed E-state index contributed by atoms with van der Waals surface area (Å²) >= 11 is 0. The summed E-state index contributed by atoms with van der Waals surface area (Å²) in [5.74, 6) is -5.36. The van der Waals surface area contributed by atoms with Crippen molar-refractivity contribution in [1.29, 1.82) is 0 Å². The number of benzene rings is 2. The van der Waals surface area contributed by atoms with Crippen molar-refractivity contribution in [1.82, 2.24) is 5.32 Å². The zero-order valence-corrected chi connectivity index (χ0v) is 33.9. The Morgan fingerprint density at radius 2 is 1.55 bits per heavy atom. The molecule has 0 spiro atoms. The Bertz CT molecular complexity index is 1980. The number of ether oxygens (including phenoxy) is 5. The van der Waals surface area contributed by atoms with Gasteiger partial charge in [0.25, 0.3) is 0 Å². The summed E-state index contributed by atoms with van der Waals surface area (Å²) in [6.45, 7) is 11.8. The summed E-state index contributed by atoms with van der Waals surface area (Å²) in [5, 5.41) is 51.6. The van der Waals surface area contributed by atoms with Crippen LogP contribution in [-0.2, 0) is 38.1 Å². The van der Waals surface area contributed by atoms with Gasteiger partial charge in [-0.2, -0.15) is 0 Å². The molecule has 15 heteroatoms. The minimum absolute atomic E-state index is 0.0637. The van der Waals surface area contributed by atoms with Crippen molar-refractivity contribution < 1.29 is 68.1 Å². The van der Waals surface area contributed by atoms with Crippen LogP contribution in [0.4, 0.5) is 4.79 Å². The van der Waals surface area contributed by atoms with Gasteiger partial charge in [-0.15, -0.1) is 0 Å². The Hall–Kier alpha value is -4.67. The second-order valence-corrected chi connectivity index (χ2v) is 17.6. The molecule has 3 fully saturated rings. The molecule has 2 saturated carbocycles. The van der Waals surface area contributed by atoms with E-state index in [2.05, 4.69) is 5.32 Å². The van der Waals surface area contributed by atoms with Gasteiger partial charge in [-0.05, 0) is 63.5 Å². The molecule has 11 atom stereocenters. The van der Waals surface area contributed by atoms with Gasteiger partial charge >= 0.3 is 24.0 Å². The van der Waals surface area contributed by atoms with Gasteiger partial charge in [0, 0.05) is 25.2 Å². The van der Waals surface area contributed by atoms with E-state index >= 15 is 0 Å². The largest absolute Gasteiger partial charge is 0.456 e. The van der Waals surface area contributed by atoms with E-state index in [1.807, 2.05) is 0 Å². The highest BCUT2D eigenvalue weighted by Crippen LogP contribution is 2.64. The number of fused-ring (bicyclic) bond motifs is 5. The van der Waals surface area contributed by atoms with Crippen LogP contribution < -0.4 is 5.32 Å². The van der Waals surface area contributed by atoms with E-state index in [0.717, 1.165) is 6.92 Å². The summed E-state index contributed by atoms with van der Waals surface area (Å²) in [4.78, 5) is 68.9. The Kier molecular flexibility index (Phi) is 11.2. The van der Waals surface area contributed by atoms with Gasteiger partial charge in [-0.25, -0.2) is 14.4 Å². The number of ketones is 1. The number of rotatable bonds is 8. The summed E-state index contributed by atoms with van der Waals surface area (Å²) < 4.78 is 29.5. The molecule has 3 aliphatic carbocycles. The predicted octanol–water partition coefficient (Wildman–Crippen LogP) is 3.26. The second-order valence-electron chi connectivity index (χ2n) is 17.6. The van der Waals surface area contributed by atoms with Crippen molar-refractivity contribution in [2.45, 2.75) is 128 Å². The molecular formula is C43H53NO14. The first-order valence-corrected chi connectivity index (χ1v) is 19.3. The first-order chi connectivity index (χ1) is 27.0. The van der Waals surface area contributed by atoms with Crippen molar-refractivity contribution >= 4 is 29.8 Å². The molecule has 1 amide bonds. The molecule has 1 heterocycles. The van der Waals surface area contributed by atoms with Gasteiger partial charge in [0.1, 0.15) is 35.6 Å². The van der Waals surface area contributed by atoms with Gasteiger partial charge in [0.2, 0.25) is 0 Å². The Morgan fingerprint density at radius 1 is 0.948 bits per heavy atom. The molecule has 0 unspecified atom stereocenters. The number of alkyl carbamates (subject to hydrolysis) is 1. The SMILES string of the molecule is CC(=O)O[C@]12CO[C@@H]1C[C@H](O)[C@]1(C)C(=O)[C@H](O)C3=C(C)[C@H](OC(=O)[C@H](O)[C@H](NC(=O)OC(C)(C)C)c4ccccc4)C[C@@](O)([C@@H](OC(=O)c4ccccc4)[C@H]21)C3(C)C. The summed E-state index contributed by atoms with van der Waals surface area (Å²) in [5.41, 5.74) is -8.14. The minimum Gasteiger partial charge on any atom is -0.456 e. The standard InChI is InChI=1S/C43H53NO14/c1-22-26(55-37(51)32(48)30(24-15-11-9-12-16-24)44-38(52)58-39(3,4)5)20-43(53)35(56-36(50)25-17-13-10-14-18-25)33-41(8,34(49)31(47)29(22)40(43,6)7)27(46)19-28-42(33,21-54-28)57-23(2)45/h9-18,26-28,30-33,35,46-48,53H,19-21H2,1-8H3,(H,44,52)/t26-,27+,28-,30-,31-,32-,33+,35+,41+,42-,43-/m1/s1. The maximum Gasteiger partial charge on any atom is 0.408 e. The molecule has 15 nitrogen and oxygen atoms in total. The zero-order valence-electron chi connectivity index (χ0n) is 33.9. The van der Waals surface area contributed by atoms with Gasteiger partial charge < -0.3 is 49.4 Å². The molecule has 2 aromatic rings. The second kappa shape index (κ2) is 15.2. The van der Waals surface area contributed by atoms with Gasteiger partial charge in [-0.3, -0.25) is 9.59 Å². The van der Waals surface area contributed by atoms with Crippen molar-refractivity contribution in [3.05, 3.63) is 82.9 Å². The molecule has 0 radical (unpaired) electrons. The van der Waals surface area contributed by atoms with Crippen molar-refractivity contribution in [2.24, 2.45) is 16.7 Å². The maximum absolute atomic E-state index is 14.9. The normalized spacial score (nSPS) is 33.7. The number of aliphatic hydroxyl groups is 4. The zero-order chi connectivity index (χ0) is 42.7. The first-order valence-electron chi connectivity index (χ1n) is 19.3. The predicted molar refractivity (Wildman–Crippen MR) is 204 cm³/mol. The molecule has 4 aliphatic rings. The van der Waals surface area contributed by atoms with Gasteiger partial charge in [-0.1, -0.05) is 62.4 Å². The molecular weight excluding hydrogens is 754 g/mol. The highest BCUT2D eigenvalue weighted by atomic mass is 16.6. The van der Waals surface area contributed by atoms with Crippen molar-refractivity contribution in [2.75, 3.05) is 6.61 Å². The van der Waals surface area contributed by atoms with Crippen LogP contribution in [0.3, 0.4) is 0 Å². The van der Waals surface area contributed by atoms with Crippen LogP contribution in [-0.4, -0.2) is 110 Å². The number of hydrogen-bond acceptors (Lipinski definition) is 14. The molecule has 2 aromatic carbocycles. The van der Waals surface area contributed by atoms with Gasteiger partial charge in [0.15, 0.2) is 17.5 Å². The van der Waals surface area contributed by atoms with Crippen molar-refractivity contribution in [3.63, 3.8) is 0 Å². The fourth-order valence-electron chi connectivity index (χ4n) is 9.56. The summed E-state index contributed by atoms with van der Waals surface area (Å²) in [6.07, 6.45) is -11.5. The Balaban J connectivity index is 1.49. The smallest absolute Gasteiger partial charge is 0.408 e. The number of amides is 1. The minimum atomic E-state index is -2.35. The number of Topliss-reactive ketones (excluding diaryl/α,β-unsaturated/α-hetero) is 1. The summed E-state index contributed by atoms with van der Waals surface area (Å²) in [6, 6.07) is 14.6. The fraction of sp³-hybridized carbons (Fsp3) is 0.558. The fourth-order valence-corrected chi connectivity index (χ4v) is 9.56. The Morgan fingerprint density at radius 3 is 2.10 bits per heavy atom. The molecule has 1 aliphatic heterocycles. The third kappa shape index (κ3) is 7.10. The van der Waals surface area contributed by atoms with E-state index in [1.165, 1.54) is 26.0 Å². The monoisotopic (exact) mass is 807 g/mol. The van der Waals surface area contributed by atoms with E-state index in [-0.39, 0.29) is 29.7 Å². The highest BCUT2D eigenvalue weighted by Gasteiger charge is 2.78. The molecule has 1 saturated heterocycles. The average Bonchev–Trinajstić information content (AvgIpc) is 3.14. The number of carbonyl (C=O) groups is 5. The van der Waals surface area contributed by atoms with E-state index in [9.17, 15) is 44.4 Å². The van der Waals surface area contributed by atoms with E-state index < -0.39 is 112 Å². The van der Waals surface area contributed by atoms with E-state index in [4.69, 9.17) is 23.7 Å². The lowest BCUT2D eigenvalue weighted by Gasteiger charge is -2.67. The van der Waals surface area contributed by atoms with Gasteiger partial charge in [0.05, 0.1) is 35.6 Å². The van der Waals surface area contributed by atoms with Crippen LogP contribution in [0.1, 0.15) is 90.2 Å². The summed E-state index contributed by atoms with van der Waals surface area (Å²) in [7, 11) is 0. The quantitative estimate of drug-likeness (QED) is 0.147. The topological polar surface area (TPSA) is 224 Å². The highest BCUT2D eigenvalue weighted by molar-refractivity contribution is 5.94. The lowest BCUT2D eigenvalue weighted by Crippen LogP contribution is -2.81. The lowest BCUT2D eigenvalue weighted by atomic mass is 9.44. The molecule has 58 heavy (non-hydrogen) atoms. The van der Waals surface area contributed by atoms with Crippen molar-refractivity contribution in [3.8, 4) is 0 Å². The Labute approximate surface area is 336 Å². The third-order valence-electron chi connectivity index (χ3n) is 12.6. The molecule has 0 aromatic heterocycles.